The summed E-state index contributed by atoms with van der Waals surface area (Å²) in [6.07, 6.45) is 5.11. The quantitative estimate of drug-likeness (QED) is 0.621. The number of rotatable bonds is 6. The lowest BCUT2D eigenvalue weighted by atomic mass is 10.1. The van der Waals surface area contributed by atoms with Crippen molar-refractivity contribution in [3.63, 3.8) is 0 Å². The van der Waals surface area contributed by atoms with E-state index in [1.54, 1.807) is 25.6 Å². The van der Waals surface area contributed by atoms with Crippen LogP contribution in [0.25, 0.3) is 0 Å². The van der Waals surface area contributed by atoms with Gasteiger partial charge in [-0.2, -0.15) is 0 Å². The number of nitro benzene ring substituents is 1. The van der Waals surface area contributed by atoms with E-state index < -0.39 is 10.9 Å². The normalized spacial score (nSPS) is 10.3. The van der Waals surface area contributed by atoms with Crippen LogP contribution in [0.3, 0.4) is 0 Å². The summed E-state index contributed by atoms with van der Waals surface area (Å²) >= 11 is 0. The summed E-state index contributed by atoms with van der Waals surface area (Å²) < 4.78 is 1.85. The van der Waals surface area contributed by atoms with Crippen LogP contribution in [0.15, 0.2) is 30.9 Å². The Hall–Kier alpha value is -2.90. The zero-order chi connectivity index (χ0) is 15.4. The minimum Gasteiger partial charge on any atom is -0.478 e. The number of hydrogen-bond donors (Lipinski definition) is 2. The Morgan fingerprint density at radius 1 is 1.52 bits per heavy atom. The van der Waals surface area contributed by atoms with Crippen molar-refractivity contribution in [2.45, 2.75) is 13.5 Å². The van der Waals surface area contributed by atoms with Crippen molar-refractivity contribution in [2.75, 3.05) is 11.9 Å². The van der Waals surface area contributed by atoms with Gasteiger partial charge in [0.05, 0.1) is 16.8 Å². The van der Waals surface area contributed by atoms with Crippen LogP contribution in [0, 0.1) is 17.0 Å². The lowest BCUT2D eigenvalue weighted by Gasteiger charge is -2.11. The molecule has 2 rings (SSSR count). The maximum atomic E-state index is 11.0. The molecular formula is C13H14N4O4. The third-order valence-electron chi connectivity index (χ3n) is 3.07. The van der Waals surface area contributed by atoms with Crippen molar-refractivity contribution in [1.29, 1.82) is 0 Å². The molecule has 21 heavy (non-hydrogen) atoms. The number of aromatic carboxylic acids is 1. The molecule has 0 spiro atoms. The number of nitrogens with zero attached hydrogens (tertiary/aromatic N) is 3. The number of aromatic nitrogens is 2. The highest BCUT2D eigenvalue weighted by Crippen LogP contribution is 2.27. The van der Waals surface area contributed by atoms with Crippen LogP contribution in [-0.4, -0.2) is 32.1 Å². The zero-order valence-corrected chi connectivity index (χ0v) is 11.3. The first-order valence-corrected chi connectivity index (χ1v) is 6.21. The van der Waals surface area contributed by atoms with Crippen molar-refractivity contribution >= 4 is 17.3 Å². The maximum absolute atomic E-state index is 11.0. The van der Waals surface area contributed by atoms with Gasteiger partial charge < -0.3 is 15.0 Å². The molecule has 1 aromatic carbocycles. The summed E-state index contributed by atoms with van der Waals surface area (Å²) in [6.45, 7) is 2.70. The number of carboxylic acids is 1. The van der Waals surface area contributed by atoms with E-state index in [2.05, 4.69) is 10.3 Å². The number of carboxylic acid groups (broad SMARTS) is 1. The SMILES string of the molecule is Cc1c(NCCn2ccnc2)cc(C(=O)O)cc1[N+](=O)[O-]. The van der Waals surface area contributed by atoms with E-state index in [1.807, 2.05) is 4.57 Å². The standard InChI is InChI=1S/C13H14N4O4/c1-9-11(15-3-5-16-4-2-14-8-16)6-10(13(18)19)7-12(9)17(20)21/h2,4,6-8,15H,3,5H2,1H3,(H,18,19). The highest BCUT2D eigenvalue weighted by atomic mass is 16.6. The molecule has 0 unspecified atom stereocenters. The molecule has 110 valence electrons. The van der Waals surface area contributed by atoms with Gasteiger partial charge in [-0.3, -0.25) is 10.1 Å². The van der Waals surface area contributed by atoms with Gasteiger partial charge in [0, 0.05) is 42.8 Å². The minimum absolute atomic E-state index is 0.113. The number of anilines is 1. The summed E-state index contributed by atoms with van der Waals surface area (Å²) in [5.74, 6) is -1.20. The monoisotopic (exact) mass is 290 g/mol. The van der Waals surface area contributed by atoms with Crippen LogP contribution in [0.5, 0.6) is 0 Å². The van der Waals surface area contributed by atoms with E-state index in [9.17, 15) is 14.9 Å². The summed E-state index contributed by atoms with van der Waals surface area (Å²) in [6, 6.07) is 2.47. The fourth-order valence-corrected chi connectivity index (χ4v) is 1.93. The van der Waals surface area contributed by atoms with Gasteiger partial charge in [-0.15, -0.1) is 0 Å². The Balaban J connectivity index is 2.20. The number of imidazole rings is 1. The smallest absolute Gasteiger partial charge is 0.336 e. The molecule has 0 aliphatic carbocycles. The second-order valence-corrected chi connectivity index (χ2v) is 4.46. The molecule has 0 bridgehead atoms. The summed E-state index contributed by atoms with van der Waals surface area (Å²) in [7, 11) is 0. The molecule has 0 aliphatic rings. The van der Waals surface area contributed by atoms with Crippen molar-refractivity contribution in [2.24, 2.45) is 0 Å². The molecular weight excluding hydrogens is 276 g/mol. The average Bonchev–Trinajstić information content (AvgIpc) is 2.93. The van der Waals surface area contributed by atoms with Gasteiger partial charge in [0.15, 0.2) is 0 Å². The lowest BCUT2D eigenvalue weighted by Crippen LogP contribution is -2.11. The van der Waals surface area contributed by atoms with E-state index in [0.717, 1.165) is 6.07 Å². The lowest BCUT2D eigenvalue weighted by molar-refractivity contribution is -0.385. The second kappa shape index (κ2) is 6.04. The molecule has 0 saturated heterocycles. The first-order valence-electron chi connectivity index (χ1n) is 6.21. The molecule has 0 aliphatic heterocycles. The van der Waals surface area contributed by atoms with Gasteiger partial charge in [-0.25, -0.2) is 9.78 Å². The largest absolute Gasteiger partial charge is 0.478 e. The Morgan fingerprint density at radius 3 is 2.86 bits per heavy atom. The zero-order valence-electron chi connectivity index (χ0n) is 11.3. The van der Waals surface area contributed by atoms with E-state index in [-0.39, 0.29) is 11.3 Å². The Bertz CT molecular complexity index is 667. The van der Waals surface area contributed by atoms with Crippen LogP contribution in [0.4, 0.5) is 11.4 Å². The summed E-state index contributed by atoms with van der Waals surface area (Å²) in [5, 5.41) is 23.0. The Kier molecular flexibility index (Phi) is 4.17. The van der Waals surface area contributed by atoms with Crippen LogP contribution in [-0.2, 0) is 6.54 Å². The van der Waals surface area contributed by atoms with Crippen LogP contribution in [0.2, 0.25) is 0 Å². The van der Waals surface area contributed by atoms with Gasteiger partial charge in [-0.1, -0.05) is 0 Å². The number of nitrogens with one attached hydrogen (secondary N) is 1. The highest BCUT2D eigenvalue weighted by Gasteiger charge is 2.18. The maximum Gasteiger partial charge on any atom is 0.336 e. The van der Waals surface area contributed by atoms with E-state index in [4.69, 9.17) is 5.11 Å². The van der Waals surface area contributed by atoms with Crippen LogP contribution < -0.4 is 5.32 Å². The van der Waals surface area contributed by atoms with Crippen LogP contribution >= 0.6 is 0 Å². The van der Waals surface area contributed by atoms with Crippen molar-refractivity contribution < 1.29 is 14.8 Å². The van der Waals surface area contributed by atoms with Gasteiger partial charge in [0.25, 0.3) is 5.69 Å². The fraction of sp³-hybridized carbons (Fsp3) is 0.231. The first-order chi connectivity index (χ1) is 9.99. The number of benzene rings is 1. The molecule has 0 fully saturated rings. The van der Waals surface area contributed by atoms with E-state index >= 15 is 0 Å². The molecule has 2 aromatic rings. The minimum atomic E-state index is -1.20. The Labute approximate surface area is 120 Å². The molecule has 0 atom stereocenters. The molecule has 8 heteroatoms. The van der Waals surface area contributed by atoms with Gasteiger partial charge in [0.1, 0.15) is 0 Å². The van der Waals surface area contributed by atoms with Crippen molar-refractivity contribution in [3.8, 4) is 0 Å². The Morgan fingerprint density at radius 2 is 2.29 bits per heavy atom. The number of carbonyl (C=O) groups is 1. The third-order valence-corrected chi connectivity index (χ3v) is 3.07. The first kappa shape index (κ1) is 14.5. The molecule has 1 heterocycles. The van der Waals surface area contributed by atoms with Gasteiger partial charge in [-0.05, 0) is 13.0 Å². The van der Waals surface area contributed by atoms with Crippen LogP contribution in [0.1, 0.15) is 15.9 Å². The average molecular weight is 290 g/mol. The van der Waals surface area contributed by atoms with Crippen molar-refractivity contribution in [1.82, 2.24) is 9.55 Å². The topological polar surface area (TPSA) is 110 Å². The summed E-state index contributed by atoms with van der Waals surface area (Å²) in [4.78, 5) is 25.3. The molecule has 1 aromatic heterocycles. The van der Waals surface area contributed by atoms with E-state index in [0.29, 0.717) is 24.3 Å². The van der Waals surface area contributed by atoms with Crippen molar-refractivity contribution in [3.05, 3.63) is 52.1 Å². The molecule has 2 N–H and O–H groups in total. The predicted octanol–water partition coefficient (Wildman–Crippen LogP) is 1.91. The predicted molar refractivity (Wildman–Crippen MR) is 75.5 cm³/mol. The number of nitro groups is 1. The number of hydrogen-bond acceptors (Lipinski definition) is 5. The van der Waals surface area contributed by atoms with Gasteiger partial charge in [0.2, 0.25) is 0 Å². The molecule has 8 nitrogen and oxygen atoms in total. The molecule has 0 saturated carbocycles. The molecule has 0 radical (unpaired) electrons. The highest BCUT2D eigenvalue weighted by molar-refractivity contribution is 5.90. The second-order valence-electron chi connectivity index (χ2n) is 4.46. The van der Waals surface area contributed by atoms with E-state index in [1.165, 1.54) is 6.07 Å². The summed E-state index contributed by atoms with van der Waals surface area (Å²) in [5.41, 5.74) is 0.537. The van der Waals surface area contributed by atoms with Gasteiger partial charge >= 0.3 is 5.97 Å². The fourth-order valence-electron chi connectivity index (χ4n) is 1.93. The third kappa shape index (κ3) is 3.35. The molecule has 0 amide bonds.